The van der Waals surface area contributed by atoms with Gasteiger partial charge in [-0.15, -0.1) is 0 Å². The first-order valence-electron chi connectivity index (χ1n) is 6.35. The van der Waals surface area contributed by atoms with Crippen molar-refractivity contribution in [3.05, 3.63) is 33.4 Å². The van der Waals surface area contributed by atoms with Gasteiger partial charge in [0.1, 0.15) is 6.04 Å². The Balaban J connectivity index is 2.10. The molecule has 1 heterocycles. The van der Waals surface area contributed by atoms with Crippen LogP contribution in [0.25, 0.3) is 0 Å². The van der Waals surface area contributed by atoms with Crippen LogP contribution in [0.1, 0.15) is 24.8 Å². The number of carboxylic acid groups (broad SMARTS) is 1. The van der Waals surface area contributed by atoms with Gasteiger partial charge in [-0.3, -0.25) is 4.79 Å². The molecular formula is C14H16INO3. The lowest BCUT2D eigenvalue weighted by atomic mass is 10.0. The fraction of sp³-hybridized carbons (Fsp3) is 0.429. The van der Waals surface area contributed by atoms with Gasteiger partial charge in [-0.1, -0.05) is 18.2 Å². The number of rotatable bonds is 3. The van der Waals surface area contributed by atoms with Crippen LogP contribution in [0.2, 0.25) is 0 Å². The average Bonchev–Trinajstić information content (AvgIpc) is 2.41. The quantitative estimate of drug-likeness (QED) is 0.828. The van der Waals surface area contributed by atoms with Crippen molar-refractivity contribution in [2.24, 2.45) is 0 Å². The van der Waals surface area contributed by atoms with Crippen LogP contribution in [0.4, 0.5) is 0 Å². The van der Waals surface area contributed by atoms with E-state index in [1.807, 2.05) is 24.3 Å². The fourth-order valence-corrected chi connectivity index (χ4v) is 2.97. The van der Waals surface area contributed by atoms with Gasteiger partial charge in [0.2, 0.25) is 5.91 Å². The van der Waals surface area contributed by atoms with Crippen molar-refractivity contribution in [2.45, 2.75) is 31.7 Å². The number of aliphatic carboxylic acids is 1. The number of halogens is 1. The summed E-state index contributed by atoms with van der Waals surface area (Å²) in [5.41, 5.74) is 0.961. The minimum atomic E-state index is -0.893. The molecule has 0 radical (unpaired) electrons. The third-order valence-corrected chi connectivity index (χ3v) is 4.46. The van der Waals surface area contributed by atoms with Crippen LogP contribution in [0.15, 0.2) is 24.3 Å². The Morgan fingerprint density at radius 3 is 2.74 bits per heavy atom. The first kappa shape index (κ1) is 14.3. The molecule has 1 fully saturated rings. The van der Waals surface area contributed by atoms with Crippen molar-refractivity contribution in [3.63, 3.8) is 0 Å². The van der Waals surface area contributed by atoms with Gasteiger partial charge in [-0.25, -0.2) is 4.79 Å². The van der Waals surface area contributed by atoms with Crippen LogP contribution >= 0.6 is 22.6 Å². The van der Waals surface area contributed by atoms with Crippen molar-refractivity contribution >= 4 is 34.5 Å². The molecule has 0 spiro atoms. The van der Waals surface area contributed by atoms with E-state index in [4.69, 9.17) is 0 Å². The van der Waals surface area contributed by atoms with Gasteiger partial charge in [0.25, 0.3) is 0 Å². The maximum atomic E-state index is 12.3. The molecule has 0 aromatic heterocycles. The monoisotopic (exact) mass is 373 g/mol. The van der Waals surface area contributed by atoms with Crippen molar-refractivity contribution in [1.82, 2.24) is 4.90 Å². The number of carbonyl (C=O) groups excluding carboxylic acids is 1. The summed E-state index contributed by atoms with van der Waals surface area (Å²) in [4.78, 5) is 25.0. The van der Waals surface area contributed by atoms with E-state index in [0.29, 0.717) is 13.0 Å². The van der Waals surface area contributed by atoms with Crippen molar-refractivity contribution in [3.8, 4) is 0 Å². The Kier molecular flexibility index (Phi) is 4.79. The normalized spacial score (nSPS) is 19.2. The molecule has 1 N–H and O–H groups in total. The Labute approximate surface area is 125 Å². The lowest BCUT2D eigenvalue weighted by Gasteiger charge is -2.33. The highest BCUT2D eigenvalue weighted by Gasteiger charge is 2.31. The van der Waals surface area contributed by atoms with Crippen LogP contribution in [-0.2, 0) is 16.0 Å². The third-order valence-electron chi connectivity index (χ3n) is 3.41. The first-order valence-corrected chi connectivity index (χ1v) is 7.43. The number of carbonyl (C=O) groups is 2. The molecule has 1 aliphatic heterocycles. The summed E-state index contributed by atoms with van der Waals surface area (Å²) in [6.45, 7) is 0.555. The predicted octanol–water partition coefficient (Wildman–Crippen LogP) is 2.30. The lowest BCUT2D eigenvalue weighted by molar-refractivity contribution is -0.151. The minimum absolute atomic E-state index is 0.0868. The number of carboxylic acids is 1. The van der Waals surface area contributed by atoms with E-state index in [1.165, 1.54) is 4.90 Å². The smallest absolute Gasteiger partial charge is 0.326 e. The second-order valence-electron chi connectivity index (χ2n) is 4.71. The summed E-state index contributed by atoms with van der Waals surface area (Å²) in [7, 11) is 0. The Morgan fingerprint density at radius 1 is 1.32 bits per heavy atom. The zero-order valence-corrected chi connectivity index (χ0v) is 12.7. The topological polar surface area (TPSA) is 57.6 Å². The standard InChI is InChI=1S/C14H16INO3/c15-11-6-2-1-5-10(11)9-13(17)16-8-4-3-7-12(16)14(18)19/h1-2,5-6,12H,3-4,7-9H2,(H,18,19)/t12-/m1/s1. The first-order chi connectivity index (χ1) is 9.09. The number of benzene rings is 1. The van der Waals surface area contributed by atoms with E-state index in [0.717, 1.165) is 22.0 Å². The van der Waals surface area contributed by atoms with E-state index < -0.39 is 12.0 Å². The molecule has 2 rings (SSSR count). The Morgan fingerprint density at radius 2 is 2.05 bits per heavy atom. The van der Waals surface area contributed by atoms with E-state index in [-0.39, 0.29) is 12.3 Å². The van der Waals surface area contributed by atoms with Crippen LogP contribution in [-0.4, -0.2) is 34.5 Å². The molecule has 0 saturated carbocycles. The summed E-state index contributed by atoms with van der Waals surface area (Å²) >= 11 is 2.20. The molecule has 4 nitrogen and oxygen atoms in total. The number of likely N-dealkylation sites (tertiary alicyclic amines) is 1. The largest absolute Gasteiger partial charge is 0.480 e. The second-order valence-corrected chi connectivity index (χ2v) is 5.87. The summed E-state index contributed by atoms with van der Waals surface area (Å²) in [5, 5.41) is 9.18. The van der Waals surface area contributed by atoms with Gasteiger partial charge >= 0.3 is 5.97 Å². The highest BCUT2D eigenvalue weighted by molar-refractivity contribution is 14.1. The predicted molar refractivity (Wildman–Crippen MR) is 79.9 cm³/mol. The maximum Gasteiger partial charge on any atom is 0.326 e. The van der Waals surface area contributed by atoms with Gasteiger partial charge in [0.15, 0.2) is 0 Å². The second kappa shape index (κ2) is 6.36. The molecule has 1 amide bonds. The Bertz CT molecular complexity index is 489. The van der Waals surface area contributed by atoms with Gasteiger partial charge in [0.05, 0.1) is 6.42 Å². The molecule has 1 aromatic carbocycles. The number of amides is 1. The van der Waals surface area contributed by atoms with Gasteiger partial charge in [-0.2, -0.15) is 0 Å². The van der Waals surface area contributed by atoms with Gasteiger partial charge in [0, 0.05) is 10.1 Å². The summed E-state index contributed by atoms with van der Waals surface area (Å²) in [6.07, 6.45) is 2.61. The molecule has 0 aliphatic carbocycles. The molecule has 0 unspecified atom stereocenters. The van der Waals surface area contributed by atoms with Crippen molar-refractivity contribution in [2.75, 3.05) is 6.54 Å². The fourth-order valence-electron chi connectivity index (χ4n) is 2.39. The van der Waals surface area contributed by atoms with E-state index in [2.05, 4.69) is 22.6 Å². The van der Waals surface area contributed by atoms with Gasteiger partial charge < -0.3 is 10.0 Å². The van der Waals surface area contributed by atoms with Crippen LogP contribution < -0.4 is 0 Å². The summed E-state index contributed by atoms with van der Waals surface area (Å²) < 4.78 is 1.04. The van der Waals surface area contributed by atoms with Crippen molar-refractivity contribution in [1.29, 1.82) is 0 Å². The molecule has 1 aromatic rings. The number of hydrogen-bond donors (Lipinski definition) is 1. The molecule has 1 aliphatic rings. The molecule has 102 valence electrons. The lowest BCUT2D eigenvalue weighted by Crippen LogP contribution is -2.48. The van der Waals surface area contributed by atoms with Crippen molar-refractivity contribution < 1.29 is 14.7 Å². The number of hydrogen-bond acceptors (Lipinski definition) is 2. The van der Waals surface area contributed by atoms with Crippen LogP contribution in [0.3, 0.4) is 0 Å². The molecular weight excluding hydrogens is 357 g/mol. The molecule has 5 heteroatoms. The van der Waals surface area contributed by atoms with Crippen LogP contribution in [0.5, 0.6) is 0 Å². The zero-order valence-electron chi connectivity index (χ0n) is 10.5. The molecule has 1 saturated heterocycles. The highest BCUT2D eigenvalue weighted by atomic mass is 127. The number of nitrogens with zero attached hydrogens (tertiary/aromatic N) is 1. The van der Waals surface area contributed by atoms with Crippen LogP contribution in [0, 0.1) is 3.57 Å². The molecule has 1 atom stereocenters. The maximum absolute atomic E-state index is 12.3. The third kappa shape index (κ3) is 3.46. The highest BCUT2D eigenvalue weighted by Crippen LogP contribution is 2.20. The Hall–Kier alpha value is -1.11. The average molecular weight is 373 g/mol. The van der Waals surface area contributed by atoms with Gasteiger partial charge in [-0.05, 0) is 53.5 Å². The number of piperidine rings is 1. The van der Waals surface area contributed by atoms with E-state index >= 15 is 0 Å². The molecule has 19 heavy (non-hydrogen) atoms. The SMILES string of the molecule is O=C(O)[C@H]1CCCCN1C(=O)Cc1ccccc1I. The summed E-state index contributed by atoms with van der Waals surface area (Å²) in [5.74, 6) is -0.980. The van der Waals surface area contributed by atoms with E-state index in [9.17, 15) is 14.7 Å². The minimum Gasteiger partial charge on any atom is -0.480 e. The van der Waals surface area contributed by atoms with E-state index in [1.54, 1.807) is 0 Å². The summed E-state index contributed by atoms with van der Waals surface area (Å²) in [6, 6.07) is 7.04. The molecule has 0 bridgehead atoms. The zero-order chi connectivity index (χ0) is 13.8.